The molecule has 104 valence electrons. The number of likely N-dealkylation sites (N-methyl/N-ethyl adjacent to an activating group) is 1. The first-order valence-electron chi connectivity index (χ1n) is 7.16. The molecule has 2 fully saturated rings. The van der Waals surface area contributed by atoms with Crippen LogP contribution in [0.25, 0.3) is 0 Å². The Morgan fingerprint density at radius 3 is 2.17 bits per heavy atom. The topological polar surface area (TPSA) is 58.4 Å². The third-order valence-electron chi connectivity index (χ3n) is 5.23. The summed E-state index contributed by atoms with van der Waals surface area (Å²) in [5.74, 6) is 0.188. The van der Waals surface area contributed by atoms with E-state index >= 15 is 0 Å². The zero-order chi connectivity index (χ0) is 13.2. The van der Waals surface area contributed by atoms with Gasteiger partial charge in [0.1, 0.15) is 0 Å². The van der Waals surface area contributed by atoms with Crippen LogP contribution in [-0.2, 0) is 4.79 Å². The summed E-state index contributed by atoms with van der Waals surface area (Å²) in [6.07, 6.45) is 7.76. The Bertz CT molecular complexity index is 301. The summed E-state index contributed by atoms with van der Waals surface area (Å²) in [4.78, 5) is 14.3. The van der Waals surface area contributed by atoms with Gasteiger partial charge >= 0.3 is 0 Å². The molecule has 0 heterocycles. The second-order valence-electron chi connectivity index (χ2n) is 6.48. The third kappa shape index (κ3) is 2.54. The van der Waals surface area contributed by atoms with Crippen LogP contribution in [0.2, 0.25) is 0 Å². The first-order valence-corrected chi connectivity index (χ1v) is 7.16. The van der Waals surface area contributed by atoms with Crippen molar-refractivity contribution in [1.29, 1.82) is 0 Å². The van der Waals surface area contributed by atoms with Crippen molar-refractivity contribution in [3.63, 3.8) is 0 Å². The van der Waals surface area contributed by atoms with Crippen LogP contribution < -0.4 is 11.1 Å². The van der Waals surface area contributed by atoms with Crippen molar-refractivity contribution >= 4 is 5.91 Å². The van der Waals surface area contributed by atoms with Crippen molar-refractivity contribution in [2.75, 3.05) is 27.2 Å². The number of hydrogen-bond acceptors (Lipinski definition) is 3. The Balaban J connectivity index is 1.78. The molecule has 4 nitrogen and oxygen atoms in total. The average Bonchev–Trinajstić information content (AvgIpc) is 2.21. The van der Waals surface area contributed by atoms with Gasteiger partial charge in [-0.25, -0.2) is 0 Å². The van der Waals surface area contributed by atoms with Gasteiger partial charge < -0.3 is 16.0 Å². The zero-order valence-electron chi connectivity index (χ0n) is 11.8. The van der Waals surface area contributed by atoms with E-state index in [1.807, 2.05) is 0 Å². The number of hydrogen-bond donors (Lipinski definition) is 2. The van der Waals surface area contributed by atoms with Gasteiger partial charge in [0.25, 0.3) is 0 Å². The number of rotatable bonds is 6. The molecule has 0 aromatic heterocycles. The maximum atomic E-state index is 12.0. The smallest absolute Gasteiger partial charge is 0.220 e. The van der Waals surface area contributed by atoms with E-state index in [4.69, 9.17) is 5.73 Å². The first-order chi connectivity index (χ1) is 8.52. The lowest BCUT2D eigenvalue weighted by Gasteiger charge is -2.47. The van der Waals surface area contributed by atoms with Crippen LogP contribution in [0, 0.1) is 5.41 Å². The van der Waals surface area contributed by atoms with Gasteiger partial charge in [0.15, 0.2) is 0 Å². The lowest BCUT2D eigenvalue weighted by Crippen LogP contribution is -2.57. The van der Waals surface area contributed by atoms with Crippen LogP contribution in [0.5, 0.6) is 0 Å². The average molecular weight is 253 g/mol. The summed E-state index contributed by atoms with van der Waals surface area (Å²) in [5.41, 5.74) is 6.13. The second-order valence-corrected chi connectivity index (χ2v) is 6.48. The van der Waals surface area contributed by atoms with Crippen molar-refractivity contribution in [2.24, 2.45) is 11.1 Å². The molecule has 0 unspecified atom stereocenters. The van der Waals surface area contributed by atoms with Crippen molar-refractivity contribution in [3.8, 4) is 0 Å². The van der Waals surface area contributed by atoms with Gasteiger partial charge in [-0.1, -0.05) is 6.42 Å². The Morgan fingerprint density at radius 2 is 1.83 bits per heavy atom. The largest absolute Gasteiger partial charge is 0.354 e. The molecule has 0 spiro atoms. The van der Waals surface area contributed by atoms with E-state index in [2.05, 4.69) is 24.3 Å². The first kappa shape index (κ1) is 13.8. The van der Waals surface area contributed by atoms with Gasteiger partial charge in [-0.05, 0) is 58.2 Å². The molecule has 0 aliphatic heterocycles. The Kier molecular flexibility index (Phi) is 3.97. The van der Waals surface area contributed by atoms with Crippen LogP contribution in [0.1, 0.15) is 44.9 Å². The van der Waals surface area contributed by atoms with Crippen molar-refractivity contribution in [1.82, 2.24) is 10.2 Å². The highest BCUT2D eigenvalue weighted by atomic mass is 16.1. The van der Waals surface area contributed by atoms with Gasteiger partial charge in [-0.15, -0.1) is 0 Å². The molecule has 1 amide bonds. The van der Waals surface area contributed by atoms with E-state index in [1.165, 1.54) is 25.7 Å². The molecule has 0 bridgehead atoms. The van der Waals surface area contributed by atoms with E-state index < -0.39 is 0 Å². The Morgan fingerprint density at radius 1 is 1.22 bits per heavy atom. The summed E-state index contributed by atoms with van der Waals surface area (Å²) < 4.78 is 0. The summed E-state index contributed by atoms with van der Waals surface area (Å²) in [5, 5.41) is 3.13. The molecule has 3 N–H and O–H groups in total. The fourth-order valence-electron chi connectivity index (χ4n) is 3.16. The molecule has 2 aliphatic rings. The molecule has 0 atom stereocenters. The van der Waals surface area contributed by atoms with Gasteiger partial charge in [0.2, 0.25) is 5.91 Å². The van der Waals surface area contributed by atoms with E-state index in [-0.39, 0.29) is 16.9 Å². The number of amides is 1. The van der Waals surface area contributed by atoms with E-state index in [0.29, 0.717) is 13.0 Å². The molecule has 18 heavy (non-hydrogen) atoms. The van der Waals surface area contributed by atoms with Gasteiger partial charge in [-0.3, -0.25) is 4.79 Å². The third-order valence-corrected chi connectivity index (χ3v) is 5.23. The lowest BCUT2D eigenvalue weighted by molar-refractivity contribution is -0.125. The second kappa shape index (κ2) is 5.17. The molecule has 0 saturated heterocycles. The summed E-state index contributed by atoms with van der Waals surface area (Å²) in [6.45, 7) is 1.44. The van der Waals surface area contributed by atoms with Crippen LogP contribution >= 0.6 is 0 Å². The van der Waals surface area contributed by atoms with Gasteiger partial charge in [-0.2, -0.15) is 0 Å². The molecule has 4 heteroatoms. The summed E-state index contributed by atoms with van der Waals surface area (Å²) in [6, 6.07) is 0. The van der Waals surface area contributed by atoms with Gasteiger partial charge in [0, 0.05) is 18.5 Å². The fourth-order valence-corrected chi connectivity index (χ4v) is 3.16. The molecule has 0 radical (unpaired) electrons. The normalized spacial score (nSPS) is 24.2. The quantitative estimate of drug-likeness (QED) is 0.745. The van der Waals surface area contributed by atoms with Crippen molar-refractivity contribution in [3.05, 3.63) is 0 Å². The van der Waals surface area contributed by atoms with Crippen LogP contribution in [-0.4, -0.2) is 43.5 Å². The van der Waals surface area contributed by atoms with Crippen LogP contribution in [0.3, 0.4) is 0 Å². The lowest BCUT2D eigenvalue weighted by atomic mass is 9.66. The zero-order valence-corrected chi connectivity index (χ0v) is 11.8. The predicted molar refractivity (Wildman–Crippen MR) is 73.2 cm³/mol. The maximum Gasteiger partial charge on any atom is 0.220 e. The minimum absolute atomic E-state index is 0.120. The Hall–Kier alpha value is -0.610. The summed E-state index contributed by atoms with van der Waals surface area (Å²) in [7, 11) is 4.22. The van der Waals surface area contributed by atoms with Crippen LogP contribution in [0.15, 0.2) is 0 Å². The minimum Gasteiger partial charge on any atom is -0.354 e. The molecular weight excluding hydrogens is 226 g/mol. The van der Waals surface area contributed by atoms with Gasteiger partial charge in [0.05, 0.1) is 0 Å². The van der Waals surface area contributed by atoms with E-state index in [1.54, 1.807) is 0 Å². The molecule has 0 aromatic carbocycles. The number of nitrogens with two attached hydrogens (primary N) is 1. The highest BCUT2D eigenvalue weighted by Crippen LogP contribution is 2.43. The Labute approximate surface area is 110 Å². The number of nitrogens with one attached hydrogen (secondary N) is 1. The molecule has 2 aliphatic carbocycles. The van der Waals surface area contributed by atoms with Crippen molar-refractivity contribution < 1.29 is 4.79 Å². The SMILES string of the molecule is CN(C)C1(CNC(=O)CC2(CN)CCC2)CCC1. The molecule has 0 aromatic rings. The van der Waals surface area contributed by atoms with E-state index in [0.717, 1.165) is 19.4 Å². The highest BCUT2D eigenvalue weighted by Gasteiger charge is 2.41. The standard InChI is InChI=1S/C14H27N3O/c1-17(2)14(7-4-8-14)11-16-12(18)9-13(10-15)5-3-6-13/h3-11,15H2,1-2H3,(H,16,18). The number of nitrogens with zero attached hydrogens (tertiary/aromatic N) is 1. The van der Waals surface area contributed by atoms with Crippen LogP contribution in [0.4, 0.5) is 0 Å². The molecule has 2 saturated carbocycles. The molecule has 2 rings (SSSR count). The molecular formula is C14H27N3O. The monoisotopic (exact) mass is 253 g/mol. The summed E-state index contributed by atoms with van der Waals surface area (Å²) >= 11 is 0. The maximum absolute atomic E-state index is 12.0. The highest BCUT2D eigenvalue weighted by molar-refractivity contribution is 5.77. The minimum atomic E-state index is 0.120. The predicted octanol–water partition coefficient (Wildman–Crippen LogP) is 1.11. The fraction of sp³-hybridized carbons (Fsp3) is 0.929. The van der Waals surface area contributed by atoms with Crippen molar-refractivity contribution in [2.45, 2.75) is 50.5 Å². The number of carbonyl (C=O) groups excluding carboxylic acids is 1. The number of carbonyl (C=O) groups is 1. The van der Waals surface area contributed by atoms with E-state index in [9.17, 15) is 4.79 Å².